The molecule has 0 N–H and O–H groups in total. The minimum atomic E-state index is -0.226. The van der Waals surface area contributed by atoms with Gasteiger partial charge in [-0.2, -0.15) is 0 Å². The summed E-state index contributed by atoms with van der Waals surface area (Å²) < 4.78 is 12.8. The van der Waals surface area contributed by atoms with E-state index in [-0.39, 0.29) is 11.9 Å². The van der Waals surface area contributed by atoms with Crippen molar-refractivity contribution >= 4 is 34.2 Å². The van der Waals surface area contributed by atoms with E-state index in [1.165, 1.54) is 0 Å². The number of aromatic nitrogens is 3. The Labute approximate surface area is 219 Å². The molecule has 186 valence electrons. The fraction of sp³-hybridized carbons (Fsp3) is 0.207. The third kappa shape index (κ3) is 4.25. The molecule has 0 spiro atoms. The Morgan fingerprint density at radius 1 is 1.11 bits per heavy atom. The summed E-state index contributed by atoms with van der Waals surface area (Å²) >= 11 is 6.43. The van der Waals surface area contributed by atoms with Crippen molar-refractivity contribution in [3.63, 3.8) is 0 Å². The molecule has 5 aromatic rings. The van der Waals surface area contributed by atoms with E-state index in [4.69, 9.17) is 25.8 Å². The van der Waals surface area contributed by atoms with Crippen molar-refractivity contribution in [3.05, 3.63) is 95.0 Å². The first-order valence-electron chi connectivity index (χ1n) is 12.1. The van der Waals surface area contributed by atoms with Crippen molar-refractivity contribution < 1.29 is 14.1 Å². The summed E-state index contributed by atoms with van der Waals surface area (Å²) in [6.07, 6.45) is 3.17. The number of carbonyl (C=O) groups is 1. The molecule has 3 aromatic carbocycles. The minimum Gasteiger partial charge on any atom is -0.495 e. The maximum absolute atomic E-state index is 13.1. The van der Waals surface area contributed by atoms with E-state index in [1.54, 1.807) is 19.2 Å². The number of hydrogen-bond donors (Lipinski definition) is 0. The average molecular weight is 513 g/mol. The molecule has 0 aliphatic carbocycles. The van der Waals surface area contributed by atoms with Crippen molar-refractivity contribution in [3.8, 4) is 17.0 Å². The van der Waals surface area contributed by atoms with E-state index >= 15 is 0 Å². The summed E-state index contributed by atoms with van der Waals surface area (Å²) in [5.74, 6) is 1.45. The monoisotopic (exact) mass is 512 g/mol. The lowest BCUT2D eigenvalue weighted by molar-refractivity contribution is -0.117. The fourth-order valence-corrected chi connectivity index (χ4v) is 5.27. The highest BCUT2D eigenvalue weighted by Crippen LogP contribution is 2.40. The van der Waals surface area contributed by atoms with Crippen molar-refractivity contribution in [1.29, 1.82) is 0 Å². The van der Waals surface area contributed by atoms with Crippen LogP contribution in [-0.4, -0.2) is 27.7 Å². The van der Waals surface area contributed by atoms with E-state index in [9.17, 15) is 4.79 Å². The molecule has 1 amide bonds. The smallest absolute Gasteiger partial charge is 0.227 e. The second-order valence-corrected chi connectivity index (χ2v) is 9.62. The van der Waals surface area contributed by atoms with E-state index in [0.29, 0.717) is 30.2 Å². The van der Waals surface area contributed by atoms with Crippen LogP contribution in [-0.2, 0) is 11.3 Å². The lowest BCUT2D eigenvalue weighted by atomic mass is 10.1. The van der Waals surface area contributed by atoms with Crippen LogP contribution in [0.5, 0.6) is 5.75 Å². The standard InChI is InChI=1S/C29H25ClN4O3/c1-18-22-14-20(8-11-26(22)37-32-18)24-17-33(16-19-6-4-3-5-7-19)29(31-24)25-10-13-28(35)34(25)21-9-12-27(36-2)23(30)15-21/h3-9,11-12,14-15,17,25H,10,13,16H2,1-2H3/t25-/m0/s1. The Morgan fingerprint density at radius 3 is 2.73 bits per heavy atom. The molecule has 0 bridgehead atoms. The van der Waals surface area contributed by atoms with Crippen LogP contribution in [0.4, 0.5) is 5.69 Å². The number of nitrogens with zero attached hydrogens (tertiary/aromatic N) is 4. The van der Waals surface area contributed by atoms with Gasteiger partial charge in [0.05, 0.1) is 29.6 Å². The molecule has 1 aliphatic rings. The van der Waals surface area contributed by atoms with Gasteiger partial charge in [-0.1, -0.05) is 47.1 Å². The van der Waals surface area contributed by atoms with Crippen molar-refractivity contribution in [2.45, 2.75) is 32.4 Å². The SMILES string of the molecule is COc1ccc(N2C(=O)CC[C@H]2c2nc(-c3ccc4onc(C)c4c3)cn2Cc2ccccc2)cc1Cl. The molecule has 1 fully saturated rings. The Balaban J connectivity index is 1.45. The minimum absolute atomic E-state index is 0.0450. The zero-order valence-corrected chi connectivity index (χ0v) is 21.3. The number of carbonyl (C=O) groups excluding carboxylic acids is 1. The van der Waals surface area contributed by atoms with Gasteiger partial charge < -0.3 is 18.7 Å². The van der Waals surface area contributed by atoms with E-state index in [1.807, 2.05) is 48.2 Å². The summed E-state index contributed by atoms with van der Waals surface area (Å²) in [7, 11) is 1.57. The molecule has 1 aliphatic heterocycles. The van der Waals surface area contributed by atoms with Gasteiger partial charge in [-0.15, -0.1) is 0 Å². The molecule has 37 heavy (non-hydrogen) atoms. The first-order chi connectivity index (χ1) is 18.0. The predicted octanol–water partition coefficient (Wildman–Crippen LogP) is 6.58. The van der Waals surface area contributed by atoms with Gasteiger partial charge in [-0.25, -0.2) is 4.98 Å². The number of rotatable bonds is 6. The average Bonchev–Trinajstić information content (AvgIpc) is 3.61. The first kappa shape index (κ1) is 23.3. The van der Waals surface area contributed by atoms with Gasteiger partial charge in [0.2, 0.25) is 5.91 Å². The van der Waals surface area contributed by atoms with Gasteiger partial charge in [0.25, 0.3) is 0 Å². The highest BCUT2D eigenvalue weighted by Gasteiger charge is 2.37. The fourth-order valence-electron chi connectivity index (χ4n) is 5.02. The summed E-state index contributed by atoms with van der Waals surface area (Å²) in [5, 5.41) is 5.50. The number of aryl methyl sites for hydroxylation is 1. The Bertz CT molecular complexity index is 1610. The molecule has 0 unspecified atom stereocenters. The number of ether oxygens (including phenoxy) is 1. The predicted molar refractivity (Wildman–Crippen MR) is 143 cm³/mol. The van der Waals surface area contributed by atoms with Crippen LogP contribution >= 0.6 is 11.6 Å². The second kappa shape index (κ2) is 9.41. The molecular formula is C29H25ClN4O3. The van der Waals surface area contributed by atoms with Gasteiger partial charge >= 0.3 is 0 Å². The highest BCUT2D eigenvalue weighted by atomic mass is 35.5. The van der Waals surface area contributed by atoms with Crippen LogP contribution in [0, 0.1) is 6.92 Å². The van der Waals surface area contributed by atoms with E-state index in [0.717, 1.165) is 45.0 Å². The first-order valence-corrected chi connectivity index (χ1v) is 12.5. The Morgan fingerprint density at radius 2 is 1.95 bits per heavy atom. The molecule has 1 atom stereocenters. The number of amides is 1. The number of imidazole rings is 1. The van der Waals surface area contributed by atoms with Gasteiger partial charge in [-0.05, 0) is 55.3 Å². The number of halogens is 1. The molecular weight excluding hydrogens is 488 g/mol. The van der Waals surface area contributed by atoms with E-state index in [2.05, 4.69) is 34.1 Å². The molecule has 0 saturated carbocycles. The lowest BCUT2D eigenvalue weighted by Gasteiger charge is -2.25. The number of hydrogen-bond acceptors (Lipinski definition) is 5. The third-order valence-corrected chi connectivity index (χ3v) is 7.17. The normalized spacial score (nSPS) is 15.6. The number of fused-ring (bicyclic) bond motifs is 1. The molecule has 0 radical (unpaired) electrons. The molecule has 6 rings (SSSR count). The zero-order valence-electron chi connectivity index (χ0n) is 20.5. The number of anilines is 1. The maximum Gasteiger partial charge on any atom is 0.227 e. The topological polar surface area (TPSA) is 73.4 Å². The van der Waals surface area contributed by atoms with Gasteiger partial charge in [0.15, 0.2) is 5.58 Å². The van der Waals surface area contributed by atoms with E-state index < -0.39 is 0 Å². The summed E-state index contributed by atoms with van der Waals surface area (Å²) in [6.45, 7) is 2.57. The number of methoxy groups -OCH3 is 1. The van der Waals surface area contributed by atoms with Gasteiger partial charge in [0.1, 0.15) is 11.6 Å². The maximum atomic E-state index is 13.1. The molecule has 8 heteroatoms. The summed E-state index contributed by atoms with van der Waals surface area (Å²) in [4.78, 5) is 20.0. The highest BCUT2D eigenvalue weighted by molar-refractivity contribution is 6.32. The summed E-state index contributed by atoms with van der Waals surface area (Å²) in [5.41, 5.74) is 5.27. The van der Waals surface area contributed by atoms with Crippen LogP contribution in [0.3, 0.4) is 0 Å². The number of benzene rings is 3. The quantitative estimate of drug-likeness (QED) is 0.257. The summed E-state index contributed by atoms with van der Waals surface area (Å²) in [6, 6.07) is 21.4. The Kier molecular flexibility index (Phi) is 5.93. The molecule has 3 heterocycles. The lowest BCUT2D eigenvalue weighted by Crippen LogP contribution is -2.29. The van der Waals surface area contributed by atoms with Crippen LogP contribution < -0.4 is 9.64 Å². The Hall–Kier alpha value is -4.10. The second-order valence-electron chi connectivity index (χ2n) is 9.21. The largest absolute Gasteiger partial charge is 0.495 e. The third-order valence-electron chi connectivity index (χ3n) is 6.87. The van der Waals surface area contributed by atoms with Crippen molar-refractivity contribution in [2.75, 3.05) is 12.0 Å². The van der Waals surface area contributed by atoms with Crippen molar-refractivity contribution in [2.24, 2.45) is 0 Å². The van der Waals surface area contributed by atoms with Crippen LogP contribution in [0.15, 0.2) is 77.4 Å². The van der Waals surface area contributed by atoms with Crippen LogP contribution in [0.1, 0.15) is 36.0 Å². The van der Waals surface area contributed by atoms with Gasteiger partial charge in [0, 0.05) is 35.8 Å². The van der Waals surface area contributed by atoms with Crippen LogP contribution in [0.2, 0.25) is 5.02 Å². The van der Waals surface area contributed by atoms with Gasteiger partial charge in [-0.3, -0.25) is 4.79 Å². The zero-order chi connectivity index (χ0) is 25.5. The molecule has 7 nitrogen and oxygen atoms in total. The van der Waals surface area contributed by atoms with Crippen LogP contribution in [0.25, 0.3) is 22.2 Å². The van der Waals surface area contributed by atoms with Crippen molar-refractivity contribution in [1.82, 2.24) is 14.7 Å². The molecule has 1 saturated heterocycles. The molecule has 2 aromatic heterocycles.